The van der Waals surface area contributed by atoms with Crippen LogP contribution in [0.25, 0.3) is 0 Å². The van der Waals surface area contributed by atoms with Crippen LogP contribution in [-0.4, -0.2) is 13.1 Å². The van der Waals surface area contributed by atoms with E-state index >= 15 is 0 Å². The zero-order valence-corrected chi connectivity index (χ0v) is 15.7. The molecule has 1 fully saturated rings. The van der Waals surface area contributed by atoms with Crippen molar-refractivity contribution in [2.24, 2.45) is 11.8 Å². The Morgan fingerprint density at radius 2 is 1.62 bits per heavy atom. The van der Waals surface area contributed by atoms with Crippen molar-refractivity contribution in [3.05, 3.63) is 24.0 Å². The third kappa shape index (κ3) is 5.53. The molecule has 2 rings (SSSR count). The molecule has 1 saturated carbocycles. The van der Waals surface area contributed by atoms with E-state index in [0.29, 0.717) is 11.8 Å². The SMILES string of the molecule is CC1CC(C)CC(Oc2cc([B-](F)(F)F)ccc2F)C1.[K+]. The van der Waals surface area contributed by atoms with Gasteiger partial charge in [0.2, 0.25) is 0 Å². The first-order valence-corrected chi connectivity index (χ1v) is 6.91. The van der Waals surface area contributed by atoms with Gasteiger partial charge in [0.25, 0.3) is 0 Å². The van der Waals surface area contributed by atoms with Crippen molar-refractivity contribution in [2.45, 2.75) is 39.2 Å². The fraction of sp³-hybridized carbons (Fsp3) is 0.571. The van der Waals surface area contributed by atoms with E-state index in [1.807, 2.05) is 0 Å². The predicted molar refractivity (Wildman–Crippen MR) is 71.7 cm³/mol. The van der Waals surface area contributed by atoms with Crippen molar-refractivity contribution in [3.8, 4) is 5.75 Å². The molecule has 0 bridgehead atoms. The maximum atomic E-state index is 13.6. The summed E-state index contributed by atoms with van der Waals surface area (Å²) in [6, 6.07) is 2.36. The van der Waals surface area contributed by atoms with Gasteiger partial charge in [-0.2, -0.15) is 0 Å². The Morgan fingerprint density at radius 3 is 2.14 bits per heavy atom. The van der Waals surface area contributed by atoms with E-state index in [9.17, 15) is 17.3 Å². The second kappa shape index (κ2) is 7.82. The van der Waals surface area contributed by atoms with E-state index in [-0.39, 0.29) is 63.2 Å². The summed E-state index contributed by atoms with van der Waals surface area (Å²) in [5, 5.41) is 0. The third-order valence-electron chi connectivity index (χ3n) is 3.76. The van der Waals surface area contributed by atoms with Crippen LogP contribution in [0.3, 0.4) is 0 Å². The average Bonchev–Trinajstić information content (AvgIpc) is 2.29. The van der Waals surface area contributed by atoms with E-state index in [1.54, 1.807) is 0 Å². The van der Waals surface area contributed by atoms with E-state index in [0.717, 1.165) is 37.5 Å². The second-order valence-electron chi connectivity index (χ2n) is 5.92. The number of ether oxygens (including phenoxy) is 1. The Hall–Kier alpha value is 0.441. The largest absolute Gasteiger partial charge is 1.00 e. The topological polar surface area (TPSA) is 9.23 Å². The number of hydrogen-bond donors (Lipinski definition) is 0. The molecule has 1 aromatic rings. The third-order valence-corrected chi connectivity index (χ3v) is 3.76. The van der Waals surface area contributed by atoms with Crippen molar-refractivity contribution in [3.63, 3.8) is 0 Å². The maximum Gasteiger partial charge on any atom is 1.00 e. The van der Waals surface area contributed by atoms with Crippen LogP contribution in [0.2, 0.25) is 0 Å². The first-order valence-electron chi connectivity index (χ1n) is 6.91. The zero-order chi connectivity index (χ0) is 14.9. The Kier molecular flexibility index (Phi) is 7.25. The van der Waals surface area contributed by atoms with Gasteiger partial charge in [0.1, 0.15) is 0 Å². The fourth-order valence-corrected chi connectivity index (χ4v) is 2.96. The van der Waals surface area contributed by atoms with Crippen molar-refractivity contribution in [1.29, 1.82) is 0 Å². The van der Waals surface area contributed by atoms with Gasteiger partial charge in [0.15, 0.2) is 11.6 Å². The van der Waals surface area contributed by atoms with E-state index in [1.165, 1.54) is 0 Å². The minimum Gasteiger partial charge on any atom is -0.487 e. The smallest absolute Gasteiger partial charge is 0.487 e. The molecule has 2 atom stereocenters. The van der Waals surface area contributed by atoms with Crippen molar-refractivity contribution >= 4 is 12.4 Å². The minimum absolute atomic E-state index is 0. The summed E-state index contributed by atoms with van der Waals surface area (Å²) < 4.78 is 57.2. The number of rotatable bonds is 3. The molecular formula is C14H18BF4KO. The van der Waals surface area contributed by atoms with Crippen LogP contribution in [0, 0.1) is 17.7 Å². The summed E-state index contributed by atoms with van der Waals surface area (Å²) in [6.45, 7) is -0.973. The Labute approximate surface area is 165 Å². The monoisotopic (exact) mass is 328 g/mol. The van der Waals surface area contributed by atoms with Crippen LogP contribution in [0.15, 0.2) is 18.2 Å². The molecule has 2 unspecified atom stereocenters. The van der Waals surface area contributed by atoms with Crippen LogP contribution in [0.5, 0.6) is 5.75 Å². The summed E-state index contributed by atoms with van der Waals surface area (Å²) in [7, 11) is 0. The minimum atomic E-state index is -5.14. The van der Waals surface area contributed by atoms with E-state index in [2.05, 4.69) is 13.8 Å². The molecule has 1 aliphatic rings. The van der Waals surface area contributed by atoms with Gasteiger partial charge in [0.05, 0.1) is 6.10 Å². The maximum absolute atomic E-state index is 13.6. The van der Waals surface area contributed by atoms with Crippen LogP contribution < -0.4 is 61.6 Å². The molecule has 1 nitrogen and oxygen atoms in total. The van der Waals surface area contributed by atoms with Gasteiger partial charge in [-0.3, -0.25) is 0 Å². The van der Waals surface area contributed by atoms with Gasteiger partial charge in [-0.05, 0) is 43.2 Å². The molecule has 21 heavy (non-hydrogen) atoms. The molecule has 0 spiro atoms. The average molecular weight is 328 g/mol. The Balaban J connectivity index is 0.00000220. The first-order chi connectivity index (χ1) is 9.25. The summed E-state index contributed by atoms with van der Waals surface area (Å²) in [5.41, 5.74) is -0.821. The van der Waals surface area contributed by atoms with Crippen molar-refractivity contribution in [1.82, 2.24) is 0 Å². The number of hydrogen-bond acceptors (Lipinski definition) is 1. The second-order valence-corrected chi connectivity index (χ2v) is 5.92. The molecule has 0 radical (unpaired) electrons. The summed E-state index contributed by atoms with van der Waals surface area (Å²) >= 11 is 0. The number of halogens is 4. The van der Waals surface area contributed by atoms with Gasteiger partial charge < -0.3 is 17.7 Å². The van der Waals surface area contributed by atoms with Gasteiger partial charge in [-0.1, -0.05) is 19.9 Å². The van der Waals surface area contributed by atoms with Gasteiger partial charge >= 0.3 is 58.4 Å². The van der Waals surface area contributed by atoms with Gasteiger partial charge in [-0.15, -0.1) is 5.46 Å². The quantitative estimate of drug-likeness (QED) is 0.596. The fourth-order valence-electron chi connectivity index (χ4n) is 2.96. The first kappa shape index (κ1) is 19.5. The van der Waals surface area contributed by atoms with Crippen LogP contribution in [-0.2, 0) is 0 Å². The van der Waals surface area contributed by atoms with Gasteiger partial charge in [-0.25, -0.2) is 4.39 Å². The normalized spacial score (nSPS) is 26.1. The molecule has 0 heterocycles. The summed E-state index contributed by atoms with van der Waals surface area (Å²) in [6.07, 6.45) is 2.38. The van der Waals surface area contributed by atoms with Crippen LogP contribution >= 0.6 is 0 Å². The molecule has 0 amide bonds. The van der Waals surface area contributed by atoms with Crippen molar-refractivity contribution < 1.29 is 73.5 Å². The molecule has 0 aliphatic heterocycles. The van der Waals surface area contributed by atoms with Crippen LogP contribution in [0.4, 0.5) is 17.3 Å². The summed E-state index contributed by atoms with van der Waals surface area (Å²) in [4.78, 5) is 0. The Morgan fingerprint density at radius 1 is 1.05 bits per heavy atom. The molecule has 1 aromatic carbocycles. The standard InChI is InChI=1S/C14H18BF4O.K/c1-9-5-10(2)7-12(6-9)20-14-8-11(15(17,18)19)3-4-13(14)16;/h3-4,8-10,12H,5-7H2,1-2H3;/q-1;+1. The molecule has 112 valence electrons. The molecule has 1 aliphatic carbocycles. The van der Waals surface area contributed by atoms with Crippen LogP contribution in [0.1, 0.15) is 33.1 Å². The Bertz CT molecular complexity index is 471. The predicted octanol–water partition coefficient (Wildman–Crippen LogP) is 1.09. The molecule has 0 aromatic heterocycles. The van der Waals surface area contributed by atoms with Gasteiger partial charge in [0, 0.05) is 0 Å². The summed E-state index contributed by atoms with van der Waals surface area (Å²) in [5.74, 6) is -0.128. The number of benzene rings is 1. The molecule has 0 N–H and O–H groups in total. The molecule has 0 saturated heterocycles. The molecular weight excluding hydrogens is 310 g/mol. The van der Waals surface area contributed by atoms with E-state index in [4.69, 9.17) is 4.74 Å². The molecule has 7 heteroatoms. The zero-order valence-electron chi connectivity index (χ0n) is 12.6. The van der Waals surface area contributed by atoms with Crippen molar-refractivity contribution in [2.75, 3.05) is 0 Å². The van der Waals surface area contributed by atoms with E-state index < -0.39 is 18.3 Å².